The van der Waals surface area contributed by atoms with Crippen molar-refractivity contribution in [3.05, 3.63) is 95.3 Å². The van der Waals surface area contributed by atoms with E-state index in [4.69, 9.17) is 0 Å². The first-order valence-electron chi connectivity index (χ1n) is 10.0. The third kappa shape index (κ3) is 3.38. The van der Waals surface area contributed by atoms with Crippen molar-refractivity contribution >= 4 is 35.0 Å². The van der Waals surface area contributed by atoms with Gasteiger partial charge < -0.3 is 4.90 Å². The number of nitrogens with zero attached hydrogens (tertiary/aromatic N) is 2. The molecule has 0 radical (unpaired) electrons. The monoisotopic (exact) mass is 472 g/mol. The molecule has 168 valence electrons. The van der Waals surface area contributed by atoms with Gasteiger partial charge in [0.15, 0.2) is 0 Å². The molecule has 9 heteroatoms. The first kappa shape index (κ1) is 21.5. The van der Waals surface area contributed by atoms with E-state index in [1.165, 1.54) is 40.1 Å². The molecule has 1 atom stereocenters. The second kappa shape index (κ2) is 7.62. The van der Waals surface area contributed by atoms with Gasteiger partial charge in [0.2, 0.25) is 10.8 Å². The Hall–Kier alpha value is -3.33. The molecule has 2 aliphatic heterocycles. The number of carbonyl (C=O) groups excluding carboxylic acids is 2. The fourth-order valence-electron chi connectivity index (χ4n) is 4.35. The van der Waals surface area contributed by atoms with Crippen LogP contribution in [0.3, 0.4) is 0 Å². The van der Waals surface area contributed by atoms with E-state index in [1.807, 2.05) is 0 Å². The van der Waals surface area contributed by atoms with E-state index in [2.05, 4.69) is 0 Å². The SMILES string of the molecule is O=C1CS[C@]2(C(=O)N(Cc3cccc(F)c3)c3ccccc32)N1c1cccc(C(F)(F)F)c1. The maximum Gasteiger partial charge on any atom is 0.416 e. The number of rotatable bonds is 3. The number of para-hydroxylation sites is 1. The minimum atomic E-state index is -4.60. The van der Waals surface area contributed by atoms with Crippen LogP contribution in [0.5, 0.6) is 0 Å². The highest BCUT2D eigenvalue weighted by Gasteiger charge is 2.61. The molecular formula is C24H16F4N2O2S. The molecule has 1 saturated heterocycles. The Morgan fingerprint density at radius 2 is 1.70 bits per heavy atom. The standard InChI is InChI=1S/C24H16F4N2O2S/c25-17-7-3-5-15(11-17)13-29-20-10-2-1-9-19(20)23(22(29)32)30(21(31)14-33-23)18-8-4-6-16(12-18)24(26,27)28/h1-12H,13-14H2/t23-/m1/s1. The number of hydrogen-bond donors (Lipinski definition) is 0. The fourth-order valence-corrected chi connectivity index (χ4v) is 5.71. The molecule has 0 saturated carbocycles. The van der Waals surface area contributed by atoms with E-state index in [0.717, 1.165) is 23.9 Å². The largest absolute Gasteiger partial charge is 0.416 e. The molecule has 0 N–H and O–H groups in total. The van der Waals surface area contributed by atoms with E-state index in [0.29, 0.717) is 16.8 Å². The van der Waals surface area contributed by atoms with Gasteiger partial charge in [0, 0.05) is 11.3 Å². The minimum absolute atomic E-state index is 0.00409. The molecule has 1 spiro atoms. The highest BCUT2D eigenvalue weighted by atomic mass is 32.2. The first-order valence-corrected chi connectivity index (χ1v) is 11.0. The first-order chi connectivity index (χ1) is 15.7. The lowest BCUT2D eigenvalue weighted by atomic mass is 10.0. The Labute approximate surface area is 190 Å². The molecule has 33 heavy (non-hydrogen) atoms. The molecule has 5 rings (SSSR count). The number of halogens is 4. The summed E-state index contributed by atoms with van der Waals surface area (Å²) in [6, 6.07) is 17.1. The fraction of sp³-hybridized carbons (Fsp3) is 0.167. The zero-order valence-electron chi connectivity index (χ0n) is 17.0. The number of thioether (sulfide) groups is 1. The number of carbonyl (C=O) groups is 2. The molecule has 0 bridgehead atoms. The predicted molar refractivity (Wildman–Crippen MR) is 117 cm³/mol. The number of hydrogen-bond acceptors (Lipinski definition) is 3. The van der Waals surface area contributed by atoms with Crippen LogP contribution in [0.2, 0.25) is 0 Å². The van der Waals surface area contributed by atoms with Crippen LogP contribution >= 0.6 is 11.8 Å². The van der Waals surface area contributed by atoms with Crippen molar-refractivity contribution in [2.24, 2.45) is 0 Å². The molecule has 2 aliphatic rings. The summed E-state index contributed by atoms with van der Waals surface area (Å²) in [4.78, 5) is 27.9. The molecule has 0 aromatic heterocycles. The molecule has 1 fully saturated rings. The topological polar surface area (TPSA) is 40.6 Å². The summed E-state index contributed by atoms with van der Waals surface area (Å²) in [6.07, 6.45) is -4.60. The zero-order valence-corrected chi connectivity index (χ0v) is 17.8. The summed E-state index contributed by atoms with van der Waals surface area (Å²) in [6.45, 7) is 0.0561. The van der Waals surface area contributed by atoms with Crippen LogP contribution in [0.15, 0.2) is 72.8 Å². The number of anilines is 2. The normalized spacial score (nSPS) is 20.1. The number of fused-ring (bicyclic) bond motifs is 2. The highest BCUT2D eigenvalue weighted by molar-refractivity contribution is 8.02. The quantitative estimate of drug-likeness (QED) is 0.485. The lowest BCUT2D eigenvalue weighted by Gasteiger charge is -2.33. The van der Waals surface area contributed by atoms with Crippen molar-refractivity contribution in [3.8, 4) is 0 Å². The summed E-state index contributed by atoms with van der Waals surface area (Å²) in [7, 11) is 0. The molecule has 2 amide bonds. The van der Waals surface area contributed by atoms with Gasteiger partial charge in [0.1, 0.15) is 5.82 Å². The Morgan fingerprint density at radius 1 is 0.939 bits per heavy atom. The van der Waals surface area contributed by atoms with Crippen LogP contribution < -0.4 is 9.80 Å². The number of amides is 2. The number of benzene rings is 3. The maximum atomic E-state index is 13.9. The van der Waals surface area contributed by atoms with Gasteiger partial charge >= 0.3 is 6.18 Å². The second-order valence-electron chi connectivity index (χ2n) is 7.75. The summed E-state index contributed by atoms with van der Waals surface area (Å²) < 4.78 is 53.8. The molecule has 4 nitrogen and oxygen atoms in total. The van der Waals surface area contributed by atoms with Crippen molar-refractivity contribution in [2.75, 3.05) is 15.6 Å². The Balaban J connectivity index is 1.64. The third-order valence-electron chi connectivity index (χ3n) is 5.73. The maximum absolute atomic E-state index is 13.9. The Kier molecular flexibility index (Phi) is 4.97. The molecule has 3 aromatic rings. The van der Waals surface area contributed by atoms with Gasteiger partial charge in [-0.15, -0.1) is 11.8 Å². The molecule has 2 heterocycles. The summed E-state index contributed by atoms with van der Waals surface area (Å²) >= 11 is 1.07. The van der Waals surface area contributed by atoms with Gasteiger partial charge in [-0.25, -0.2) is 4.39 Å². The van der Waals surface area contributed by atoms with Crippen LogP contribution in [-0.2, 0) is 27.2 Å². The van der Waals surface area contributed by atoms with Crippen LogP contribution in [0.4, 0.5) is 28.9 Å². The van der Waals surface area contributed by atoms with Crippen LogP contribution in [0.25, 0.3) is 0 Å². The Morgan fingerprint density at radius 3 is 2.45 bits per heavy atom. The summed E-state index contributed by atoms with van der Waals surface area (Å²) in [5.74, 6) is -1.43. The predicted octanol–water partition coefficient (Wildman–Crippen LogP) is 5.32. The van der Waals surface area contributed by atoms with Gasteiger partial charge in [-0.2, -0.15) is 13.2 Å². The lowest BCUT2D eigenvalue weighted by molar-refractivity contribution is -0.137. The average Bonchev–Trinajstić information content (AvgIpc) is 3.24. The van der Waals surface area contributed by atoms with Gasteiger partial charge in [0.25, 0.3) is 5.91 Å². The van der Waals surface area contributed by atoms with Crippen molar-refractivity contribution in [1.29, 1.82) is 0 Å². The van der Waals surface area contributed by atoms with Crippen molar-refractivity contribution in [3.63, 3.8) is 0 Å². The summed E-state index contributed by atoms with van der Waals surface area (Å²) in [5.41, 5.74) is 0.687. The lowest BCUT2D eigenvalue weighted by Crippen LogP contribution is -2.49. The minimum Gasteiger partial charge on any atom is -0.304 e. The van der Waals surface area contributed by atoms with Crippen LogP contribution in [0.1, 0.15) is 16.7 Å². The van der Waals surface area contributed by atoms with Crippen molar-refractivity contribution in [1.82, 2.24) is 0 Å². The Bertz CT molecular complexity index is 1280. The van der Waals surface area contributed by atoms with Gasteiger partial charge in [-0.05, 0) is 42.0 Å². The van der Waals surface area contributed by atoms with E-state index in [1.54, 1.807) is 30.3 Å². The highest BCUT2D eigenvalue weighted by Crippen LogP contribution is 2.56. The van der Waals surface area contributed by atoms with Crippen molar-refractivity contribution < 1.29 is 27.2 Å². The third-order valence-corrected chi connectivity index (χ3v) is 7.11. The van der Waals surface area contributed by atoms with E-state index < -0.39 is 34.2 Å². The van der Waals surface area contributed by atoms with Crippen LogP contribution in [-0.4, -0.2) is 17.6 Å². The molecule has 3 aromatic carbocycles. The average molecular weight is 472 g/mol. The van der Waals surface area contributed by atoms with Crippen LogP contribution in [0, 0.1) is 5.82 Å². The smallest absolute Gasteiger partial charge is 0.304 e. The molecule has 0 aliphatic carbocycles. The van der Waals surface area contributed by atoms with Gasteiger partial charge in [0.05, 0.1) is 23.5 Å². The second-order valence-corrected chi connectivity index (χ2v) is 8.92. The van der Waals surface area contributed by atoms with Gasteiger partial charge in [-0.3, -0.25) is 14.5 Å². The summed E-state index contributed by atoms with van der Waals surface area (Å²) in [5, 5.41) is 0. The molecule has 0 unspecified atom stereocenters. The van der Waals surface area contributed by atoms with Gasteiger partial charge in [-0.1, -0.05) is 36.4 Å². The molecular weight excluding hydrogens is 456 g/mol. The zero-order chi connectivity index (χ0) is 23.4. The van der Waals surface area contributed by atoms with Crippen molar-refractivity contribution in [2.45, 2.75) is 17.6 Å². The van der Waals surface area contributed by atoms with E-state index in [9.17, 15) is 27.2 Å². The van der Waals surface area contributed by atoms with E-state index >= 15 is 0 Å². The number of alkyl halides is 3. The van der Waals surface area contributed by atoms with E-state index in [-0.39, 0.29) is 18.0 Å².